The zero-order valence-electron chi connectivity index (χ0n) is 12.5. The summed E-state index contributed by atoms with van der Waals surface area (Å²) in [5.74, 6) is 0.0241. The minimum absolute atomic E-state index is 0.0241. The van der Waals surface area contributed by atoms with E-state index in [4.69, 9.17) is 0 Å². The van der Waals surface area contributed by atoms with Gasteiger partial charge in [-0.1, -0.05) is 0 Å². The number of nitrogens with one attached hydrogen (secondary N) is 1. The molecule has 2 rings (SSSR count). The Hall–Kier alpha value is -1.36. The van der Waals surface area contributed by atoms with Gasteiger partial charge in [0.05, 0.1) is 11.1 Å². The first-order valence-corrected chi connectivity index (χ1v) is 6.84. The number of aromatic nitrogens is 2. The van der Waals surface area contributed by atoms with Crippen molar-refractivity contribution in [2.24, 2.45) is 0 Å². The Kier molecular flexibility index (Phi) is 3.43. The van der Waals surface area contributed by atoms with Crippen LogP contribution in [-0.4, -0.2) is 45.2 Å². The van der Waals surface area contributed by atoms with Crippen LogP contribution in [0.15, 0.2) is 12.3 Å². The Balaban J connectivity index is 2.14. The first kappa shape index (κ1) is 14.1. The molecule has 5 nitrogen and oxygen atoms in total. The Bertz CT molecular complexity index is 434. The van der Waals surface area contributed by atoms with Gasteiger partial charge in [-0.25, -0.2) is 0 Å². The summed E-state index contributed by atoms with van der Waals surface area (Å²) in [6.07, 6.45) is 3.63. The van der Waals surface area contributed by atoms with Gasteiger partial charge in [0.15, 0.2) is 0 Å². The molecule has 2 heterocycles. The number of H-pyrrole nitrogens is 1. The average molecular weight is 265 g/mol. The van der Waals surface area contributed by atoms with Gasteiger partial charge in [0.2, 0.25) is 0 Å². The highest BCUT2D eigenvalue weighted by molar-refractivity contribution is 5.92. The van der Waals surface area contributed by atoms with E-state index in [1.165, 1.54) is 0 Å². The Labute approximate surface area is 114 Å². The summed E-state index contributed by atoms with van der Waals surface area (Å²) in [7, 11) is 1.89. The number of aromatic amines is 1. The van der Waals surface area contributed by atoms with Gasteiger partial charge in [0.25, 0.3) is 5.91 Å². The van der Waals surface area contributed by atoms with Crippen LogP contribution in [-0.2, 0) is 0 Å². The zero-order chi connectivity index (χ0) is 14.3. The van der Waals surface area contributed by atoms with Gasteiger partial charge >= 0.3 is 0 Å². The molecule has 0 saturated carbocycles. The third-order valence-corrected chi connectivity index (χ3v) is 3.90. The molecule has 3 N–H and O–H groups in total. The van der Waals surface area contributed by atoms with Crippen molar-refractivity contribution in [1.29, 1.82) is 0 Å². The summed E-state index contributed by atoms with van der Waals surface area (Å²) in [5, 5.41) is 9.02. The molecule has 1 amide bonds. The van der Waals surface area contributed by atoms with E-state index in [1.807, 2.05) is 11.9 Å². The first-order chi connectivity index (χ1) is 8.70. The summed E-state index contributed by atoms with van der Waals surface area (Å²) in [6.45, 7) is 8.98. The second kappa shape index (κ2) is 4.63. The van der Waals surface area contributed by atoms with E-state index in [1.54, 1.807) is 12.3 Å². The molecule has 19 heavy (non-hydrogen) atoms. The highest BCUT2D eigenvalue weighted by atomic mass is 16.2. The van der Waals surface area contributed by atoms with Crippen LogP contribution in [0.1, 0.15) is 51.0 Å². The second-order valence-electron chi connectivity index (χ2n) is 7.07. The molecule has 106 valence electrons. The lowest BCUT2D eigenvalue weighted by Gasteiger charge is -2.45. The van der Waals surface area contributed by atoms with E-state index in [0.717, 1.165) is 12.8 Å². The molecule has 0 aromatic carbocycles. The largest absolute Gasteiger partial charge is 0.337 e. The van der Waals surface area contributed by atoms with Crippen LogP contribution in [0.25, 0.3) is 0 Å². The first-order valence-electron chi connectivity index (χ1n) is 6.84. The lowest BCUT2D eigenvalue weighted by atomic mass is 9.79. The van der Waals surface area contributed by atoms with Crippen LogP contribution in [0.4, 0.5) is 0 Å². The standard InChI is InChI=1S/C14H24N4O/c1-13(2)8-10(9-14(3,4)17-13)18(5)12(19)11-6-7-15-16-11/h6-7,10,17H,8-9H2,1-5H3,(H,15,16)/p+1. The minimum Gasteiger partial charge on any atom is -0.337 e. The van der Waals surface area contributed by atoms with Crippen molar-refractivity contribution in [1.82, 2.24) is 15.1 Å². The van der Waals surface area contributed by atoms with Gasteiger partial charge in [-0.3, -0.25) is 9.89 Å². The van der Waals surface area contributed by atoms with Crippen LogP contribution in [0, 0.1) is 0 Å². The molecule has 1 aromatic heterocycles. The molecule has 0 atom stereocenters. The summed E-state index contributed by atoms with van der Waals surface area (Å²) >= 11 is 0. The molecule has 0 spiro atoms. The fraction of sp³-hybridized carbons (Fsp3) is 0.714. The van der Waals surface area contributed by atoms with Gasteiger partial charge in [-0.05, 0) is 33.8 Å². The topological polar surface area (TPSA) is 65.6 Å². The highest BCUT2D eigenvalue weighted by Crippen LogP contribution is 2.25. The van der Waals surface area contributed by atoms with Gasteiger partial charge in [0.1, 0.15) is 5.69 Å². The molecular weight excluding hydrogens is 240 g/mol. The van der Waals surface area contributed by atoms with Gasteiger partial charge in [-0.15, -0.1) is 0 Å². The number of nitrogens with zero attached hydrogens (tertiary/aromatic N) is 2. The second-order valence-corrected chi connectivity index (χ2v) is 7.07. The predicted octanol–water partition coefficient (Wildman–Crippen LogP) is 0.765. The van der Waals surface area contributed by atoms with Gasteiger partial charge in [-0.2, -0.15) is 5.10 Å². The Morgan fingerprint density at radius 1 is 1.37 bits per heavy atom. The lowest BCUT2D eigenvalue weighted by Crippen LogP contribution is -3.06. The van der Waals surface area contributed by atoms with Crippen molar-refractivity contribution in [2.45, 2.75) is 57.7 Å². The normalized spacial score (nSPS) is 22.2. The summed E-state index contributed by atoms with van der Waals surface area (Å²) in [6, 6.07) is 2.00. The maximum Gasteiger partial charge on any atom is 0.271 e. The summed E-state index contributed by atoms with van der Waals surface area (Å²) in [4.78, 5) is 14.2. The van der Waals surface area contributed by atoms with E-state index in [-0.39, 0.29) is 23.0 Å². The number of carbonyl (C=O) groups excluding carboxylic acids is 1. The fourth-order valence-corrected chi connectivity index (χ4v) is 3.47. The molecule has 0 unspecified atom stereocenters. The zero-order valence-corrected chi connectivity index (χ0v) is 12.5. The van der Waals surface area contributed by atoms with Gasteiger partial charge in [0, 0.05) is 32.1 Å². The SMILES string of the molecule is CN(C(=O)c1ccn[nH]1)C1CC(C)(C)[NH2+]C(C)(C)C1. The van der Waals surface area contributed by atoms with Crippen molar-refractivity contribution in [3.8, 4) is 0 Å². The third-order valence-electron chi connectivity index (χ3n) is 3.90. The number of hydrogen-bond donors (Lipinski definition) is 2. The molecular formula is C14H25N4O+. The van der Waals surface area contributed by atoms with Crippen molar-refractivity contribution in [3.63, 3.8) is 0 Å². The average Bonchev–Trinajstić information content (AvgIpc) is 2.76. The molecule has 1 fully saturated rings. The van der Waals surface area contributed by atoms with Crippen molar-refractivity contribution in [3.05, 3.63) is 18.0 Å². The van der Waals surface area contributed by atoms with E-state index < -0.39 is 0 Å². The number of nitrogens with two attached hydrogens (primary N) is 1. The van der Waals surface area contributed by atoms with Crippen molar-refractivity contribution < 1.29 is 10.1 Å². The number of piperidine rings is 1. The van der Waals surface area contributed by atoms with E-state index >= 15 is 0 Å². The highest BCUT2D eigenvalue weighted by Gasteiger charge is 2.43. The lowest BCUT2D eigenvalue weighted by molar-refractivity contribution is -0.788. The van der Waals surface area contributed by atoms with Crippen LogP contribution in [0.3, 0.4) is 0 Å². The number of rotatable bonds is 2. The number of amides is 1. The fourth-order valence-electron chi connectivity index (χ4n) is 3.47. The number of quaternary nitrogens is 1. The predicted molar refractivity (Wildman–Crippen MR) is 73.8 cm³/mol. The molecule has 0 aliphatic carbocycles. The summed E-state index contributed by atoms with van der Waals surface area (Å²) < 4.78 is 0. The van der Waals surface area contributed by atoms with E-state index in [2.05, 4.69) is 43.2 Å². The Morgan fingerprint density at radius 2 is 1.95 bits per heavy atom. The minimum atomic E-state index is 0.0241. The van der Waals surface area contributed by atoms with Crippen LogP contribution < -0.4 is 5.32 Å². The maximum atomic E-state index is 12.4. The van der Waals surface area contributed by atoms with E-state index in [9.17, 15) is 4.79 Å². The van der Waals surface area contributed by atoms with Crippen molar-refractivity contribution >= 4 is 5.91 Å². The monoisotopic (exact) mass is 265 g/mol. The smallest absolute Gasteiger partial charge is 0.271 e. The van der Waals surface area contributed by atoms with Crippen molar-refractivity contribution in [2.75, 3.05) is 7.05 Å². The molecule has 1 aliphatic heterocycles. The molecule has 1 saturated heterocycles. The molecule has 1 aliphatic rings. The molecule has 5 heteroatoms. The van der Waals surface area contributed by atoms with Crippen LogP contribution in [0.2, 0.25) is 0 Å². The Morgan fingerprint density at radius 3 is 2.42 bits per heavy atom. The molecule has 0 bridgehead atoms. The quantitative estimate of drug-likeness (QED) is 0.829. The van der Waals surface area contributed by atoms with E-state index in [0.29, 0.717) is 5.69 Å². The third kappa shape index (κ3) is 3.15. The number of hydrogen-bond acceptors (Lipinski definition) is 2. The van der Waals surface area contributed by atoms with Gasteiger partial charge < -0.3 is 10.2 Å². The summed E-state index contributed by atoms with van der Waals surface area (Å²) in [5.41, 5.74) is 0.886. The van der Waals surface area contributed by atoms with Crippen LogP contribution in [0.5, 0.6) is 0 Å². The number of carbonyl (C=O) groups is 1. The van der Waals surface area contributed by atoms with Crippen LogP contribution >= 0.6 is 0 Å². The maximum absolute atomic E-state index is 12.4. The molecule has 1 aromatic rings. The molecule has 0 radical (unpaired) electrons.